The topological polar surface area (TPSA) is 29.3 Å². The first-order valence-electron chi connectivity index (χ1n) is 5.84. The molecule has 1 atom stereocenters. The summed E-state index contributed by atoms with van der Waals surface area (Å²) in [5.41, 5.74) is 8.30. The zero-order chi connectivity index (χ0) is 11.7. The number of hydrogen-bond acceptors (Lipinski definition) is 2. The number of nitrogens with two attached hydrogens (primary N) is 1. The summed E-state index contributed by atoms with van der Waals surface area (Å²) in [4.78, 5) is 2.33. The highest BCUT2D eigenvalue weighted by Gasteiger charge is 2.23. The molecule has 0 aliphatic heterocycles. The molecule has 0 radical (unpaired) electrons. The molecule has 0 heterocycles. The SMILES string of the molecule is C[C@@H](N)c1ccc(N(C)CC2CC2)c(Br)c1. The molecule has 0 amide bonds. The standard InChI is InChI=1S/C13H19BrN2/c1-9(15)11-5-6-13(12(14)7-11)16(2)8-10-3-4-10/h5-7,9-10H,3-4,8,15H2,1-2H3/t9-/m1/s1. The number of benzene rings is 1. The molecule has 3 heteroatoms. The number of nitrogens with zero attached hydrogens (tertiary/aromatic N) is 1. The number of halogens is 1. The van der Waals surface area contributed by atoms with Gasteiger partial charge in [-0.05, 0) is 59.3 Å². The molecule has 0 bridgehead atoms. The number of rotatable bonds is 4. The van der Waals surface area contributed by atoms with Gasteiger partial charge < -0.3 is 10.6 Å². The zero-order valence-corrected chi connectivity index (χ0v) is 11.5. The lowest BCUT2D eigenvalue weighted by Gasteiger charge is -2.21. The van der Waals surface area contributed by atoms with Gasteiger partial charge in [0.05, 0.1) is 5.69 Å². The van der Waals surface area contributed by atoms with Crippen molar-refractivity contribution < 1.29 is 0 Å². The summed E-state index contributed by atoms with van der Waals surface area (Å²) in [6.07, 6.45) is 2.78. The second-order valence-corrected chi connectivity index (χ2v) is 5.68. The van der Waals surface area contributed by atoms with Crippen molar-refractivity contribution >= 4 is 21.6 Å². The van der Waals surface area contributed by atoms with Gasteiger partial charge in [0.1, 0.15) is 0 Å². The van der Waals surface area contributed by atoms with E-state index in [1.54, 1.807) is 0 Å². The van der Waals surface area contributed by atoms with E-state index in [2.05, 4.69) is 46.1 Å². The van der Waals surface area contributed by atoms with Gasteiger partial charge >= 0.3 is 0 Å². The van der Waals surface area contributed by atoms with E-state index in [1.807, 2.05) is 6.92 Å². The predicted octanol–water partition coefficient (Wildman–Crippen LogP) is 3.32. The predicted molar refractivity (Wildman–Crippen MR) is 72.7 cm³/mol. The Kier molecular flexibility index (Phi) is 3.55. The molecule has 0 unspecified atom stereocenters. The summed E-state index contributed by atoms with van der Waals surface area (Å²) in [5, 5.41) is 0. The molecule has 1 aromatic rings. The summed E-state index contributed by atoms with van der Waals surface area (Å²) < 4.78 is 1.14. The van der Waals surface area contributed by atoms with Gasteiger partial charge in [-0.2, -0.15) is 0 Å². The maximum absolute atomic E-state index is 5.87. The Morgan fingerprint density at radius 2 is 2.19 bits per heavy atom. The van der Waals surface area contributed by atoms with Gasteiger partial charge in [0.2, 0.25) is 0 Å². The Hall–Kier alpha value is -0.540. The van der Waals surface area contributed by atoms with Crippen molar-refractivity contribution in [3.63, 3.8) is 0 Å². The lowest BCUT2D eigenvalue weighted by atomic mass is 10.1. The maximum atomic E-state index is 5.87. The van der Waals surface area contributed by atoms with Crippen LogP contribution in [0.3, 0.4) is 0 Å². The molecule has 0 spiro atoms. The molecule has 0 aromatic heterocycles. The van der Waals surface area contributed by atoms with E-state index in [1.165, 1.54) is 24.1 Å². The Morgan fingerprint density at radius 1 is 1.50 bits per heavy atom. The fourth-order valence-electron chi connectivity index (χ4n) is 1.90. The van der Waals surface area contributed by atoms with Crippen molar-refractivity contribution in [3.8, 4) is 0 Å². The van der Waals surface area contributed by atoms with E-state index in [-0.39, 0.29) is 6.04 Å². The third kappa shape index (κ3) is 2.77. The van der Waals surface area contributed by atoms with Crippen LogP contribution in [-0.2, 0) is 0 Å². The molecule has 0 saturated heterocycles. The monoisotopic (exact) mass is 282 g/mol. The Balaban J connectivity index is 2.14. The molecule has 1 saturated carbocycles. The first kappa shape index (κ1) is 11.9. The minimum Gasteiger partial charge on any atom is -0.373 e. The average molecular weight is 283 g/mol. The lowest BCUT2D eigenvalue weighted by Crippen LogP contribution is -2.20. The molecule has 1 fully saturated rings. The molecule has 2 rings (SSSR count). The summed E-state index contributed by atoms with van der Waals surface area (Å²) >= 11 is 3.63. The largest absolute Gasteiger partial charge is 0.373 e. The summed E-state index contributed by atoms with van der Waals surface area (Å²) in [6.45, 7) is 3.17. The second-order valence-electron chi connectivity index (χ2n) is 4.82. The van der Waals surface area contributed by atoms with Crippen LogP contribution in [0.4, 0.5) is 5.69 Å². The normalized spacial score (nSPS) is 17.2. The van der Waals surface area contributed by atoms with Crippen LogP contribution in [0.15, 0.2) is 22.7 Å². The molecular formula is C13H19BrN2. The van der Waals surface area contributed by atoms with Gasteiger partial charge in [-0.15, -0.1) is 0 Å². The van der Waals surface area contributed by atoms with Crippen molar-refractivity contribution in [3.05, 3.63) is 28.2 Å². The number of hydrogen-bond donors (Lipinski definition) is 1. The summed E-state index contributed by atoms with van der Waals surface area (Å²) in [5.74, 6) is 0.907. The second kappa shape index (κ2) is 4.76. The van der Waals surface area contributed by atoms with Crippen LogP contribution in [-0.4, -0.2) is 13.6 Å². The van der Waals surface area contributed by atoms with Gasteiger partial charge in [0.25, 0.3) is 0 Å². The average Bonchev–Trinajstić information content (AvgIpc) is 3.01. The maximum Gasteiger partial charge on any atom is 0.0508 e. The molecule has 16 heavy (non-hydrogen) atoms. The van der Waals surface area contributed by atoms with E-state index in [0.717, 1.165) is 16.9 Å². The van der Waals surface area contributed by atoms with Crippen molar-refractivity contribution in [1.29, 1.82) is 0 Å². The van der Waals surface area contributed by atoms with E-state index in [9.17, 15) is 0 Å². The Bertz CT molecular complexity index is 372. The number of anilines is 1. The van der Waals surface area contributed by atoms with Crippen LogP contribution in [0.25, 0.3) is 0 Å². The van der Waals surface area contributed by atoms with E-state index in [0.29, 0.717) is 0 Å². The highest BCUT2D eigenvalue weighted by molar-refractivity contribution is 9.10. The summed E-state index contributed by atoms with van der Waals surface area (Å²) in [6, 6.07) is 6.50. The Morgan fingerprint density at radius 3 is 2.69 bits per heavy atom. The minimum atomic E-state index is 0.0964. The highest BCUT2D eigenvalue weighted by atomic mass is 79.9. The molecule has 88 valence electrons. The van der Waals surface area contributed by atoms with Gasteiger partial charge in [0, 0.05) is 24.1 Å². The fourth-order valence-corrected chi connectivity index (χ4v) is 2.60. The van der Waals surface area contributed by atoms with Gasteiger partial charge in [-0.25, -0.2) is 0 Å². The molecule has 1 aliphatic rings. The fraction of sp³-hybridized carbons (Fsp3) is 0.538. The molecule has 2 nitrogen and oxygen atoms in total. The first-order valence-corrected chi connectivity index (χ1v) is 6.63. The molecule has 2 N–H and O–H groups in total. The van der Waals surface area contributed by atoms with Crippen molar-refractivity contribution in [2.24, 2.45) is 11.7 Å². The van der Waals surface area contributed by atoms with Gasteiger partial charge in [-0.3, -0.25) is 0 Å². The first-order chi connectivity index (χ1) is 7.58. The quantitative estimate of drug-likeness (QED) is 0.918. The van der Waals surface area contributed by atoms with Gasteiger partial charge in [-0.1, -0.05) is 6.07 Å². The van der Waals surface area contributed by atoms with Crippen LogP contribution in [0, 0.1) is 5.92 Å². The van der Waals surface area contributed by atoms with Crippen molar-refractivity contribution in [2.45, 2.75) is 25.8 Å². The van der Waals surface area contributed by atoms with E-state index >= 15 is 0 Å². The van der Waals surface area contributed by atoms with Crippen molar-refractivity contribution in [2.75, 3.05) is 18.5 Å². The zero-order valence-electron chi connectivity index (χ0n) is 9.91. The molecule has 1 aliphatic carbocycles. The third-order valence-corrected chi connectivity index (χ3v) is 3.77. The van der Waals surface area contributed by atoms with Crippen LogP contribution in [0.1, 0.15) is 31.4 Å². The molecule has 1 aromatic carbocycles. The minimum absolute atomic E-state index is 0.0964. The van der Waals surface area contributed by atoms with Crippen LogP contribution in [0.2, 0.25) is 0 Å². The van der Waals surface area contributed by atoms with Crippen LogP contribution in [0.5, 0.6) is 0 Å². The Labute approximate surface area is 106 Å². The van der Waals surface area contributed by atoms with Crippen LogP contribution < -0.4 is 10.6 Å². The third-order valence-electron chi connectivity index (χ3n) is 3.14. The summed E-state index contributed by atoms with van der Waals surface area (Å²) in [7, 11) is 2.16. The van der Waals surface area contributed by atoms with E-state index in [4.69, 9.17) is 5.73 Å². The van der Waals surface area contributed by atoms with Gasteiger partial charge in [0.15, 0.2) is 0 Å². The smallest absolute Gasteiger partial charge is 0.0508 e. The van der Waals surface area contributed by atoms with Crippen LogP contribution >= 0.6 is 15.9 Å². The van der Waals surface area contributed by atoms with E-state index < -0.39 is 0 Å². The molecular weight excluding hydrogens is 264 g/mol. The highest BCUT2D eigenvalue weighted by Crippen LogP contribution is 2.33. The lowest BCUT2D eigenvalue weighted by molar-refractivity contribution is 0.783. The van der Waals surface area contributed by atoms with Crippen molar-refractivity contribution in [1.82, 2.24) is 0 Å².